The van der Waals surface area contributed by atoms with Crippen LogP contribution in [0.5, 0.6) is 5.75 Å². The topological polar surface area (TPSA) is 9.23 Å². The lowest BCUT2D eigenvalue weighted by Gasteiger charge is -2.33. The summed E-state index contributed by atoms with van der Waals surface area (Å²) in [4.78, 5) is 0. The number of halogens is 1. The third kappa shape index (κ3) is 8.24. The first kappa shape index (κ1) is 24.5. The molecule has 3 heteroatoms. The predicted octanol–water partition coefficient (Wildman–Crippen LogP) is 3.06. The lowest BCUT2D eigenvalue weighted by atomic mass is 9.72. The van der Waals surface area contributed by atoms with Crippen molar-refractivity contribution < 1.29 is 21.6 Å². The summed E-state index contributed by atoms with van der Waals surface area (Å²) in [6.07, 6.45) is 1.16. The second-order valence-corrected chi connectivity index (χ2v) is 10.3. The van der Waals surface area contributed by atoms with Crippen LogP contribution >= 0.6 is 0 Å². The fourth-order valence-electron chi connectivity index (χ4n) is 4.00. The number of likely N-dealkylation sites (N-methyl/N-ethyl adjacent to an activating group) is 1. The molecule has 0 aliphatic rings. The predicted molar refractivity (Wildman–Crippen MR) is 116 cm³/mol. The molecule has 0 aliphatic heterocycles. The Morgan fingerprint density at radius 3 is 1.93 bits per heavy atom. The van der Waals surface area contributed by atoms with Crippen molar-refractivity contribution in [1.82, 2.24) is 0 Å². The van der Waals surface area contributed by atoms with Crippen molar-refractivity contribution in [3.8, 4) is 5.75 Å². The van der Waals surface area contributed by atoms with Crippen molar-refractivity contribution in [1.29, 1.82) is 0 Å². The maximum atomic E-state index is 6.03. The van der Waals surface area contributed by atoms with Gasteiger partial charge in [-0.25, -0.2) is 0 Å². The number of hydrogen-bond acceptors (Lipinski definition) is 1. The van der Waals surface area contributed by atoms with Crippen LogP contribution in [0.1, 0.15) is 52.2 Å². The molecular formula is C25H38ClNO. The van der Waals surface area contributed by atoms with Crippen LogP contribution in [0.2, 0.25) is 0 Å². The average molecular weight is 404 g/mol. The fourth-order valence-corrected chi connectivity index (χ4v) is 4.00. The summed E-state index contributed by atoms with van der Waals surface area (Å²) < 4.78 is 6.95. The minimum atomic E-state index is 0. The quantitative estimate of drug-likeness (QED) is 0.615. The number of ether oxygens (including phenoxy) is 1. The largest absolute Gasteiger partial charge is 1.00 e. The molecule has 0 saturated carbocycles. The first-order chi connectivity index (χ1) is 12.5. The Morgan fingerprint density at radius 1 is 0.821 bits per heavy atom. The Morgan fingerprint density at radius 2 is 1.39 bits per heavy atom. The van der Waals surface area contributed by atoms with Crippen LogP contribution in [0.3, 0.4) is 0 Å². The minimum Gasteiger partial charge on any atom is -1.00 e. The number of quaternary nitrogens is 1. The first-order valence-corrected chi connectivity index (χ1v) is 10.1. The number of rotatable bonds is 8. The molecule has 28 heavy (non-hydrogen) atoms. The normalized spacial score (nSPS) is 12.4. The van der Waals surface area contributed by atoms with Crippen molar-refractivity contribution in [2.45, 2.75) is 53.0 Å². The molecule has 2 rings (SSSR count). The maximum Gasteiger partial charge on any atom is 0.137 e. The third-order valence-corrected chi connectivity index (χ3v) is 5.03. The van der Waals surface area contributed by atoms with Crippen LogP contribution < -0.4 is 17.1 Å². The third-order valence-electron chi connectivity index (χ3n) is 5.03. The molecule has 2 aromatic rings. The molecule has 0 heterocycles. The van der Waals surface area contributed by atoms with Crippen LogP contribution in [0.15, 0.2) is 54.6 Å². The molecule has 0 N–H and O–H groups in total. The standard InChI is InChI=1S/C25H38NO.ClH/c1-24(2,3)20-25(4,5)22-13-15-23(16-14-22)27-18-17-26(6,7)19-21-11-9-8-10-12-21;/h8-16H,17-20H2,1-7H3;1H/q+1;/p-1. The molecule has 2 nitrogen and oxygen atoms in total. The molecule has 0 amide bonds. The highest BCUT2D eigenvalue weighted by atomic mass is 35.5. The highest BCUT2D eigenvalue weighted by molar-refractivity contribution is 5.31. The van der Waals surface area contributed by atoms with E-state index < -0.39 is 0 Å². The zero-order valence-corrected chi connectivity index (χ0v) is 19.5. The molecule has 0 spiro atoms. The van der Waals surface area contributed by atoms with Crippen molar-refractivity contribution in [2.24, 2.45) is 5.41 Å². The Labute approximate surface area is 178 Å². The van der Waals surface area contributed by atoms with Crippen LogP contribution in [-0.4, -0.2) is 31.7 Å². The van der Waals surface area contributed by atoms with Gasteiger partial charge in [0.1, 0.15) is 25.4 Å². The molecule has 0 atom stereocenters. The van der Waals surface area contributed by atoms with E-state index in [1.165, 1.54) is 11.1 Å². The van der Waals surface area contributed by atoms with Gasteiger partial charge in [-0.1, -0.05) is 77.1 Å². The molecule has 0 aromatic heterocycles. The first-order valence-electron chi connectivity index (χ1n) is 10.1. The SMILES string of the molecule is CC(C)(C)CC(C)(C)c1ccc(OCC[N+](C)(C)Cc2ccccc2)cc1.[Cl-]. The van der Waals surface area contributed by atoms with Crippen LogP contribution in [0, 0.1) is 5.41 Å². The van der Waals surface area contributed by atoms with Gasteiger partial charge in [-0.2, -0.15) is 0 Å². The van der Waals surface area contributed by atoms with Gasteiger partial charge in [0.2, 0.25) is 0 Å². The van der Waals surface area contributed by atoms with Crippen molar-refractivity contribution in [3.05, 3.63) is 65.7 Å². The second-order valence-electron chi connectivity index (χ2n) is 10.3. The molecule has 156 valence electrons. The summed E-state index contributed by atoms with van der Waals surface area (Å²) in [5, 5.41) is 0. The van der Waals surface area contributed by atoms with E-state index in [4.69, 9.17) is 4.74 Å². The highest BCUT2D eigenvalue weighted by Gasteiger charge is 2.27. The Balaban J connectivity index is 0.00000392. The Bertz CT molecular complexity index is 700. The summed E-state index contributed by atoms with van der Waals surface area (Å²) in [5.74, 6) is 0.963. The average Bonchev–Trinajstić information content (AvgIpc) is 2.53. The van der Waals surface area contributed by atoms with Gasteiger partial charge >= 0.3 is 0 Å². The molecular weight excluding hydrogens is 366 g/mol. The van der Waals surface area contributed by atoms with Crippen molar-refractivity contribution in [2.75, 3.05) is 27.2 Å². The van der Waals surface area contributed by atoms with E-state index in [2.05, 4.69) is 103 Å². The van der Waals surface area contributed by atoms with Gasteiger partial charge in [0, 0.05) is 5.56 Å². The van der Waals surface area contributed by atoms with E-state index in [-0.39, 0.29) is 17.8 Å². The zero-order valence-electron chi connectivity index (χ0n) is 18.8. The summed E-state index contributed by atoms with van der Waals surface area (Å²) in [6, 6.07) is 19.4. The van der Waals surface area contributed by atoms with Gasteiger partial charge < -0.3 is 21.6 Å². The van der Waals surface area contributed by atoms with Crippen molar-refractivity contribution >= 4 is 0 Å². The van der Waals surface area contributed by atoms with Crippen LogP contribution in [0.4, 0.5) is 0 Å². The van der Waals surface area contributed by atoms with Gasteiger partial charge in [-0.3, -0.25) is 0 Å². The summed E-state index contributed by atoms with van der Waals surface area (Å²) >= 11 is 0. The number of benzene rings is 2. The van der Waals surface area contributed by atoms with Crippen LogP contribution in [-0.2, 0) is 12.0 Å². The van der Waals surface area contributed by atoms with Gasteiger partial charge in [0.15, 0.2) is 0 Å². The van der Waals surface area contributed by atoms with Gasteiger partial charge in [-0.05, 0) is 34.9 Å². The van der Waals surface area contributed by atoms with Crippen LogP contribution in [0.25, 0.3) is 0 Å². The molecule has 0 fully saturated rings. The van der Waals surface area contributed by atoms with Gasteiger partial charge in [0.05, 0.1) is 14.1 Å². The molecule has 0 radical (unpaired) electrons. The lowest BCUT2D eigenvalue weighted by Crippen LogP contribution is -3.00. The highest BCUT2D eigenvalue weighted by Crippen LogP contribution is 2.36. The molecule has 2 aromatic carbocycles. The van der Waals surface area contributed by atoms with E-state index in [9.17, 15) is 0 Å². The van der Waals surface area contributed by atoms with E-state index in [1.807, 2.05) is 0 Å². The van der Waals surface area contributed by atoms with E-state index >= 15 is 0 Å². The monoisotopic (exact) mass is 403 g/mol. The fraction of sp³-hybridized carbons (Fsp3) is 0.520. The molecule has 0 aliphatic carbocycles. The second kappa shape index (κ2) is 9.80. The lowest BCUT2D eigenvalue weighted by molar-refractivity contribution is -0.903. The molecule has 0 unspecified atom stereocenters. The molecule has 0 saturated heterocycles. The Kier molecular flexibility index (Phi) is 8.59. The zero-order chi connectivity index (χ0) is 20.1. The summed E-state index contributed by atoms with van der Waals surface area (Å²) in [7, 11) is 4.52. The molecule has 0 bridgehead atoms. The smallest absolute Gasteiger partial charge is 0.137 e. The van der Waals surface area contributed by atoms with E-state index in [0.717, 1.165) is 36.3 Å². The summed E-state index contributed by atoms with van der Waals surface area (Å²) in [6.45, 7) is 14.3. The van der Waals surface area contributed by atoms with Gasteiger partial charge in [0.25, 0.3) is 0 Å². The van der Waals surface area contributed by atoms with E-state index in [0.29, 0.717) is 5.41 Å². The Hall–Kier alpha value is -1.51. The van der Waals surface area contributed by atoms with Crippen molar-refractivity contribution in [3.63, 3.8) is 0 Å². The number of nitrogens with zero attached hydrogens (tertiary/aromatic N) is 1. The van der Waals surface area contributed by atoms with E-state index in [1.54, 1.807) is 0 Å². The minimum absolute atomic E-state index is 0. The van der Waals surface area contributed by atoms with Gasteiger partial charge in [-0.15, -0.1) is 0 Å². The maximum absolute atomic E-state index is 6.03. The summed E-state index contributed by atoms with van der Waals surface area (Å²) in [5.41, 5.74) is 3.24. The number of hydrogen-bond donors (Lipinski definition) is 0.